The van der Waals surface area contributed by atoms with Crippen molar-refractivity contribution in [1.82, 2.24) is 20.3 Å². The van der Waals surface area contributed by atoms with Gasteiger partial charge in [-0.1, -0.05) is 0 Å². The average Bonchev–Trinajstić information content (AvgIpc) is 2.94. The van der Waals surface area contributed by atoms with Crippen molar-refractivity contribution in [2.45, 2.75) is 18.9 Å². The standard InChI is InChI=1S/C13H14N4/c1-2-11(15-6-1)12-5-9-16-13(17-12)10-3-7-14-8-4-10/h3-5,7-9,11,15H,1-2,6H2. The summed E-state index contributed by atoms with van der Waals surface area (Å²) in [5.41, 5.74) is 2.10. The van der Waals surface area contributed by atoms with Crippen molar-refractivity contribution in [1.29, 1.82) is 0 Å². The van der Waals surface area contributed by atoms with Crippen molar-refractivity contribution in [2.24, 2.45) is 0 Å². The van der Waals surface area contributed by atoms with Crippen molar-refractivity contribution in [3.63, 3.8) is 0 Å². The highest BCUT2D eigenvalue weighted by molar-refractivity contribution is 5.53. The normalized spacial score (nSPS) is 19.4. The second-order valence-electron chi connectivity index (χ2n) is 4.19. The fourth-order valence-electron chi connectivity index (χ4n) is 2.14. The zero-order valence-corrected chi connectivity index (χ0v) is 9.50. The Labute approximate surface area is 100 Å². The van der Waals surface area contributed by atoms with Crippen LogP contribution in [0.25, 0.3) is 11.4 Å². The molecule has 1 fully saturated rings. The van der Waals surface area contributed by atoms with E-state index in [1.165, 1.54) is 6.42 Å². The van der Waals surface area contributed by atoms with E-state index in [1.54, 1.807) is 12.4 Å². The molecular weight excluding hydrogens is 212 g/mol. The molecule has 1 aliphatic heterocycles. The fourth-order valence-corrected chi connectivity index (χ4v) is 2.14. The zero-order valence-electron chi connectivity index (χ0n) is 9.50. The lowest BCUT2D eigenvalue weighted by molar-refractivity contribution is 0.626. The Hall–Kier alpha value is -1.81. The van der Waals surface area contributed by atoms with Gasteiger partial charge in [-0.25, -0.2) is 9.97 Å². The summed E-state index contributed by atoms with van der Waals surface area (Å²) in [6.07, 6.45) is 7.74. The smallest absolute Gasteiger partial charge is 0.159 e. The average molecular weight is 226 g/mol. The minimum absolute atomic E-state index is 0.388. The van der Waals surface area contributed by atoms with Crippen LogP contribution in [0.2, 0.25) is 0 Å². The molecule has 1 unspecified atom stereocenters. The van der Waals surface area contributed by atoms with Crippen LogP contribution in [-0.2, 0) is 0 Å². The number of hydrogen-bond donors (Lipinski definition) is 1. The Morgan fingerprint density at radius 3 is 2.76 bits per heavy atom. The van der Waals surface area contributed by atoms with E-state index in [1.807, 2.05) is 24.4 Å². The summed E-state index contributed by atoms with van der Waals surface area (Å²) in [5.74, 6) is 0.776. The van der Waals surface area contributed by atoms with Gasteiger partial charge in [0.25, 0.3) is 0 Å². The second-order valence-corrected chi connectivity index (χ2v) is 4.19. The lowest BCUT2D eigenvalue weighted by atomic mass is 10.1. The Morgan fingerprint density at radius 2 is 2.00 bits per heavy atom. The Morgan fingerprint density at radius 1 is 1.12 bits per heavy atom. The Balaban J connectivity index is 1.94. The number of aromatic nitrogens is 3. The van der Waals surface area contributed by atoms with Crippen molar-refractivity contribution in [2.75, 3.05) is 6.54 Å². The van der Waals surface area contributed by atoms with Crippen LogP contribution in [0.1, 0.15) is 24.6 Å². The summed E-state index contributed by atoms with van der Waals surface area (Å²) >= 11 is 0. The molecule has 0 aliphatic carbocycles. The second kappa shape index (κ2) is 4.59. The lowest BCUT2D eigenvalue weighted by Gasteiger charge is -2.10. The molecule has 1 atom stereocenters. The summed E-state index contributed by atoms with van der Waals surface area (Å²) in [6, 6.07) is 6.24. The Bertz CT molecular complexity index is 492. The zero-order chi connectivity index (χ0) is 11.5. The molecule has 3 rings (SSSR count). The molecule has 1 N–H and O–H groups in total. The van der Waals surface area contributed by atoms with Crippen LogP contribution < -0.4 is 5.32 Å². The van der Waals surface area contributed by atoms with Gasteiger partial charge in [0.15, 0.2) is 5.82 Å². The van der Waals surface area contributed by atoms with E-state index in [2.05, 4.69) is 20.3 Å². The van der Waals surface area contributed by atoms with E-state index in [0.29, 0.717) is 6.04 Å². The summed E-state index contributed by atoms with van der Waals surface area (Å²) in [7, 11) is 0. The molecule has 2 aromatic rings. The largest absolute Gasteiger partial charge is 0.309 e. The summed E-state index contributed by atoms with van der Waals surface area (Å²) < 4.78 is 0. The molecule has 86 valence electrons. The third kappa shape index (κ3) is 2.17. The molecule has 3 heterocycles. The highest BCUT2D eigenvalue weighted by Gasteiger charge is 2.17. The minimum Gasteiger partial charge on any atom is -0.309 e. The monoisotopic (exact) mass is 226 g/mol. The minimum atomic E-state index is 0.388. The maximum absolute atomic E-state index is 4.62. The third-order valence-corrected chi connectivity index (χ3v) is 3.03. The molecule has 0 saturated carbocycles. The molecule has 2 aromatic heterocycles. The molecule has 4 heteroatoms. The number of rotatable bonds is 2. The van der Waals surface area contributed by atoms with E-state index >= 15 is 0 Å². The molecule has 17 heavy (non-hydrogen) atoms. The van der Waals surface area contributed by atoms with Crippen molar-refractivity contribution in [3.8, 4) is 11.4 Å². The molecule has 0 aromatic carbocycles. The van der Waals surface area contributed by atoms with Gasteiger partial charge >= 0.3 is 0 Å². The number of hydrogen-bond acceptors (Lipinski definition) is 4. The van der Waals surface area contributed by atoms with E-state index in [4.69, 9.17) is 0 Å². The molecule has 4 nitrogen and oxygen atoms in total. The fraction of sp³-hybridized carbons (Fsp3) is 0.308. The van der Waals surface area contributed by atoms with Gasteiger partial charge in [0.2, 0.25) is 0 Å². The molecule has 1 saturated heterocycles. The molecule has 1 aliphatic rings. The van der Waals surface area contributed by atoms with Gasteiger partial charge in [-0.3, -0.25) is 4.98 Å². The van der Waals surface area contributed by atoms with E-state index < -0.39 is 0 Å². The van der Waals surface area contributed by atoms with Gasteiger partial charge < -0.3 is 5.32 Å². The number of nitrogens with one attached hydrogen (secondary N) is 1. The van der Waals surface area contributed by atoms with Crippen molar-refractivity contribution >= 4 is 0 Å². The maximum Gasteiger partial charge on any atom is 0.159 e. The quantitative estimate of drug-likeness (QED) is 0.850. The molecule has 0 bridgehead atoms. The number of nitrogens with zero attached hydrogens (tertiary/aromatic N) is 3. The number of pyridine rings is 1. The molecule has 0 radical (unpaired) electrons. The lowest BCUT2D eigenvalue weighted by Crippen LogP contribution is -2.14. The summed E-state index contributed by atoms with van der Waals surface area (Å²) in [6.45, 7) is 1.08. The van der Waals surface area contributed by atoms with E-state index in [-0.39, 0.29) is 0 Å². The maximum atomic E-state index is 4.62. The van der Waals surface area contributed by atoms with Gasteiger partial charge in [0.05, 0.1) is 5.69 Å². The van der Waals surface area contributed by atoms with Gasteiger partial charge in [-0.05, 0) is 37.6 Å². The van der Waals surface area contributed by atoms with Crippen LogP contribution in [0.5, 0.6) is 0 Å². The first-order valence-electron chi connectivity index (χ1n) is 5.90. The van der Waals surface area contributed by atoms with Crippen LogP contribution in [0.15, 0.2) is 36.8 Å². The molecular formula is C13H14N4. The van der Waals surface area contributed by atoms with Crippen LogP contribution in [0.4, 0.5) is 0 Å². The summed E-state index contributed by atoms with van der Waals surface area (Å²) in [4.78, 5) is 12.9. The van der Waals surface area contributed by atoms with Gasteiger partial charge in [0.1, 0.15) is 0 Å². The SMILES string of the molecule is c1cc(-c2nccc(C3CCCN3)n2)ccn1. The first-order chi connectivity index (χ1) is 8.43. The van der Waals surface area contributed by atoms with Crippen LogP contribution in [0.3, 0.4) is 0 Å². The van der Waals surface area contributed by atoms with Crippen molar-refractivity contribution in [3.05, 3.63) is 42.5 Å². The third-order valence-electron chi connectivity index (χ3n) is 3.03. The van der Waals surface area contributed by atoms with E-state index in [9.17, 15) is 0 Å². The highest BCUT2D eigenvalue weighted by atomic mass is 15.0. The van der Waals surface area contributed by atoms with Gasteiger partial charge in [-0.2, -0.15) is 0 Å². The first-order valence-corrected chi connectivity index (χ1v) is 5.90. The first kappa shape index (κ1) is 10.4. The van der Waals surface area contributed by atoms with Gasteiger partial charge in [-0.15, -0.1) is 0 Å². The van der Waals surface area contributed by atoms with Crippen LogP contribution in [-0.4, -0.2) is 21.5 Å². The highest BCUT2D eigenvalue weighted by Crippen LogP contribution is 2.22. The summed E-state index contributed by atoms with van der Waals surface area (Å²) in [5, 5.41) is 3.45. The topological polar surface area (TPSA) is 50.7 Å². The van der Waals surface area contributed by atoms with E-state index in [0.717, 1.165) is 30.0 Å². The van der Waals surface area contributed by atoms with Crippen LogP contribution in [0, 0.1) is 0 Å². The predicted molar refractivity (Wildman–Crippen MR) is 65.2 cm³/mol. The predicted octanol–water partition coefficient (Wildman–Crippen LogP) is 1.96. The molecule has 0 amide bonds. The van der Waals surface area contributed by atoms with Gasteiger partial charge in [0, 0.05) is 30.2 Å². The molecule has 0 spiro atoms. The Kier molecular flexibility index (Phi) is 2.80. The van der Waals surface area contributed by atoms with Crippen LogP contribution >= 0.6 is 0 Å². The van der Waals surface area contributed by atoms with Crippen molar-refractivity contribution < 1.29 is 0 Å².